The second kappa shape index (κ2) is 8.55. The minimum absolute atomic E-state index is 0.301. The Hall–Kier alpha value is -3.02. The van der Waals surface area contributed by atoms with E-state index in [1.54, 1.807) is 0 Å². The van der Waals surface area contributed by atoms with Crippen LogP contribution < -0.4 is 10.1 Å². The molecule has 1 aliphatic heterocycles. The van der Waals surface area contributed by atoms with Gasteiger partial charge < -0.3 is 19.6 Å². The summed E-state index contributed by atoms with van der Waals surface area (Å²) in [5.41, 5.74) is 1.76. The van der Waals surface area contributed by atoms with Crippen LogP contribution >= 0.6 is 0 Å². The maximum absolute atomic E-state index is 11.9. The van der Waals surface area contributed by atoms with Crippen LogP contribution in [0.5, 0.6) is 5.75 Å². The van der Waals surface area contributed by atoms with Crippen molar-refractivity contribution in [2.45, 2.75) is 45.3 Å². The van der Waals surface area contributed by atoms with Gasteiger partial charge in [-0.25, -0.2) is 4.79 Å². The van der Waals surface area contributed by atoms with Gasteiger partial charge in [-0.15, -0.1) is 0 Å². The van der Waals surface area contributed by atoms with Crippen molar-refractivity contribution >= 4 is 11.8 Å². The average Bonchev–Trinajstić information content (AvgIpc) is 3.06. The van der Waals surface area contributed by atoms with E-state index >= 15 is 0 Å². The van der Waals surface area contributed by atoms with Crippen molar-refractivity contribution in [3.63, 3.8) is 0 Å². The Morgan fingerprint density at radius 3 is 2.55 bits per heavy atom. The highest BCUT2D eigenvalue weighted by atomic mass is 16.7. The Kier molecular flexibility index (Phi) is 6.11. The number of oxime groups is 1. The van der Waals surface area contributed by atoms with Gasteiger partial charge in [0.25, 0.3) is 0 Å². The highest BCUT2D eigenvalue weighted by molar-refractivity contribution is 5.87. The first kappa shape index (κ1) is 20.7. The minimum Gasteiger partial charge on any atom is -0.487 e. The summed E-state index contributed by atoms with van der Waals surface area (Å²) in [6, 6.07) is 18.0. The topological polar surface area (TPSA) is 69.2 Å². The molecule has 154 valence electrons. The van der Waals surface area contributed by atoms with Crippen LogP contribution in [0.2, 0.25) is 0 Å². The predicted octanol–water partition coefficient (Wildman–Crippen LogP) is 4.79. The molecule has 0 aromatic heterocycles. The normalized spacial score (nSPS) is 18.6. The van der Waals surface area contributed by atoms with Crippen molar-refractivity contribution in [2.75, 3.05) is 13.2 Å². The van der Waals surface area contributed by atoms with E-state index in [1.807, 2.05) is 70.2 Å². The Labute approximate surface area is 171 Å². The summed E-state index contributed by atoms with van der Waals surface area (Å²) >= 11 is 0. The molecule has 1 atom stereocenters. The molecule has 2 aromatic carbocycles. The van der Waals surface area contributed by atoms with Gasteiger partial charge in [0.15, 0.2) is 5.60 Å². The Morgan fingerprint density at radius 2 is 1.83 bits per heavy atom. The maximum atomic E-state index is 11.9. The molecule has 3 rings (SSSR count). The molecule has 0 saturated carbocycles. The van der Waals surface area contributed by atoms with E-state index < -0.39 is 17.3 Å². The van der Waals surface area contributed by atoms with Gasteiger partial charge >= 0.3 is 6.09 Å². The molecular formula is C23H28N2O4. The summed E-state index contributed by atoms with van der Waals surface area (Å²) in [5.74, 6) is 0.793. The van der Waals surface area contributed by atoms with E-state index in [0.717, 1.165) is 22.6 Å². The summed E-state index contributed by atoms with van der Waals surface area (Å²) in [6.07, 6.45) is 0.0971. The fourth-order valence-corrected chi connectivity index (χ4v) is 3.03. The molecule has 29 heavy (non-hydrogen) atoms. The molecule has 0 saturated heterocycles. The second-order valence-electron chi connectivity index (χ2n) is 8.38. The number of ether oxygens (including phenoxy) is 2. The van der Waals surface area contributed by atoms with Crippen molar-refractivity contribution in [1.82, 2.24) is 5.32 Å². The van der Waals surface area contributed by atoms with E-state index in [-0.39, 0.29) is 0 Å². The number of carbonyl (C=O) groups excluding carboxylic acids is 1. The number of para-hydroxylation sites is 1. The summed E-state index contributed by atoms with van der Waals surface area (Å²) in [4.78, 5) is 17.4. The maximum Gasteiger partial charge on any atom is 0.407 e. The number of alkyl carbamates (subject to hydrolysis) is 1. The molecule has 1 amide bonds. The van der Waals surface area contributed by atoms with Gasteiger partial charge in [0.05, 0.1) is 12.3 Å². The smallest absolute Gasteiger partial charge is 0.407 e. The lowest BCUT2D eigenvalue weighted by molar-refractivity contribution is -0.00686. The number of hydrogen-bond donors (Lipinski definition) is 1. The third-order valence-corrected chi connectivity index (χ3v) is 4.34. The first-order valence-corrected chi connectivity index (χ1v) is 9.72. The van der Waals surface area contributed by atoms with E-state index in [2.05, 4.69) is 22.6 Å². The van der Waals surface area contributed by atoms with Crippen LogP contribution in [0.4, 0.5) is 4.79 Å². The standard InChI is InChI=1S/C23H28N2O4/c1-22(2,3)28-21(26)24-16-23(4)14-18(25-29-23)15-27-20-13-9-8-12-19(20)17-10-6-5-7-11-17/h5-13H,14-16H2,1-4H3,(H,24,26). The number of amides is 1. The van der Waals surface area contributed by atoms with Gasteiger partial charge in [-0.2, -0.15) is 0 Å². The molecule has 0 bridgehead atoms. The lowest BCUT2D eigenvalue weighted by Crippen LogP contribution is -2.43. The summed E-state index contributed by atoms with van der Waals surface area (Å²) in [6.45, 7) is 8.00. The van der Waals surface area contributed by atoms with Crippen LogP contribution in [0.15, 0.2) is 59.8 Å². The molecule has 6 nitrogen and oxygen atoms in total. The lowest BCUT2D eigenvalue weighted by atomic mass is 10.00. The SMILES string of the molecule is CC(C)(C)OC(=O)NCC1(C)CC(COc2ccccc2-c2ccccc2)=NO1. The van der Waals surface area contributed by atoms with E-state index in [0.29, 0.717) is 19.6 Å². The van der Waals surface area contributed by atoms with Gasteiger partial charge in [-0.1, -0.05) is 53.7 Å². The van der Waals surface area contributed by atoms with Crippen LogP contribution in [0.25, 0.3) is 11.1 Å². The third kappa shape index (κ3) is 5.98. The van der Waals surface area contributed by atoms with Crippen molar-refractivity contribution in [3.8, 4) is 16.9 Å². The molecule has 1 aliphatic rings. The van der Waals surface area contributed by atoms with Gasteiger partial charge in [0.2, 0.25) is 0 Å². The van der Waals surface area contributed by atoms with Gasteiger partial charge in [-0.3, -0.25) is 0 Å². The number of rotatable bonds is 6. The quantitative estimate of drug-likeness (QED) is 0.762. The van der Waals surface area contributed by atoms with Crippen LogP contribution in [0.1, 0.15) is 34.1 Å². The average molecular weight is 396 g/mol. The molecule has 0 fully saturated rings. The third-order valence-electron chi connectivity index (χ3n) is 4.34. The molecule has 0 spiro atoms. The van der Waals surface area contributed by atoms with Gasteiger partial charge in [-0.05, 0) is 39.3 Å². The number of carbonyl (C=O) groups is 1. The summed E-state index contributed by atoms with van der Waals surface area (Å²) in [5, 5.41) is 6.90. The zero-order valence-electron chi connectivity index (χ0n) is 17.4. The van der Waals surface area contributed by atoms with Gasteiger partial charge in [0, 0.05) is 12.0 Å². The molecule has 1 N–H and O–H groups in total. The number of nitrogens with one attached hydrogen (secondary N) is 1. The van der Waals surface area contributed by atoms with E-state index in [9.17, 15) is 4.79 Å². The zero-order valence-corrected chi connectivity index (χ0v) is 17.4. The van der Waals surface area contributed by atoms with Crippen molar-refractivity contribution < 1.29 is 19.1 Å². The number of nitrogens with zero attached hydrogens (tertiary/aromatic N) is 1. The molecule has 0 radical (unpaired) electrons. The predicted molar refractivity (Wildman–Crippen MR) is 113 cm³/mol. The van der Waals surface area contributed by atoms with Crippen LogP contribution in [0, 0.1) is 0 Å². The zero-order chi connectivity index (χ0) is 20.9. The number of benzene rings is 2. The largest absolute Gasteiger partial charge is 0.487 e. The minimum atomic E-state index is -0.617. The van der Waals surface area contributed by atoms with Crippen LogP contribution in [-0.4, -0.2) is 36.2 Å². The first-order valence-electron chi connectivity index (χ1n) is 9.72. The van der Waals surface area contributed by atoms with Crippen molar-refractivity contribution in [3.05, 3.63) is 54.6 Å². The second-order valence-corrected chi connectivity index (χ2v) is 8.38. The molecule has 1 heterocycles. The molecular weight excluding hydrogens is 368 g/mol. The van der Waals surface area contributed by atoms with Gasteiger partial charge in [0.1, 0.15) is 18.0 Å². The summed E-state index contributed by atoms with van der Waals surface area (Å²) in [7, 11) is 0. The Balaban J connectivity index is 1.54. The Bertz CT molecular complexity index is 874. The molecule has 6 heteroatoms. The highest BCUT2D eigenvalue weighted by Gasteiger charge is 2.35. The highest BCUT2D eigenvalue weighted by Crippen LogP contribution is 2.30. The molecule has 1 unspecified atom stereocenters. The monoisotopic (exact) mass is 396 g/mol. The van der Waals surface area contributed by atoms with Crippen LogP contribution in [0.3, 0.4) is 0 Å². The van der Waals surface area contributed by atoms with Crippen molar-refractivity contribution in [1.29, 1.82) is 0 Å². The van der Waals surface area contributed by atoms with E-state index in [4.69, 9.17) is 14.3 Å². The summed E-state index contributed by atoms with van der Waals surface area (Å²) < 4.78 is 11.3. The first-order chi connectivity index (χ1) is 13.7. The number of hydrogen-bond acceptors (Lipinski definition) is 5. The van der Waals surface area contributed by atoms with Crippen molar-refractivity contribution in [2.24, 2.45) is 5.16 Å². The molecule has 2 aromatic rings. The van der Waals surface area contributed by atoms with Crippen LogP contribution in [-0.2, 0) is 9.57 Å². The van der Waals surface area contributed by atoms with E-state index in [1.165, 1.54) is 0 Å². The Morgan fingerprint density at radius 1 is 1.14 bits per heavy atom. The fourth-order valence-electron chi connectivity index (χ4n) is 3.03. The molecule has 0 aliphatic carbocycles. The fraction of sp³-hybridized carbons (Fsp3) is 0.391. The lowest BCUT2D eigenvalue weighted by Gasteiger charge is -2.24.